The maximum Gasteiger partial charge on any atom is 0.337 e. The fourth-order valence-corrected chi connectivity index (χ4v) is 2.16. The fourth-order valence-electron chi connectivity index (χ4n) is 2.16. The van der Waals surface area contributed by atoms with Crippen molar-refractivity contribution in [1.82, 2.24) is 0 Å². The van der Waals surface area contributed by atoms with Gasteiger partial charge in [-0.3, -0.25) is 0 Å². The smallest absolute Gasteiger partial charge is 0.337 e. The van der Waals surface area contributed by atoms with Crippen LogP contribution in [-0.2, 0) is 4.74 Å². The van der Waals surface area contributed by atoms with Gasteiger partial charge in [-0.25, -0.2) is 4.79 Å². The van der Waals surface area contributed by atoms with E-state index in [1.807, 2.05) is 54.5 Å². The molecule has 1 heterocycles. The van der Waals surface area contributed by atoms with Crippen molar-refractivity contribution < 1.29 is 9.53 Å². The second-order valence-corrected chi connectivity index (χ2v) is 4.66. The number of carbonyl (C=O) groups excluding carboxylic acids is 1. The third-order valence-corrected chi connectivity index (χ3v) is 3.21. The number of fused-ring (bicyclic) bond motifs is 1. The lowest BCUT2D eigenvalue weighted by atomic mass is 9.61. The summed E-state index contributed by atoms with van der Waals surface area (Å²) < 4.78 is 5.33. The molecule has 0 radical (unpaired) electrons. The summed E-state index contributed by atoms with van der Waals surface area (Å²) in [4.78, 5) is 11.9. The Hall–Kier alpha value is -2.49. The van der Waals surface area contributed by atoms with Gasteiger partial charge in [-0.1, -0.05) is 48.4 Å². The van der Waals surface area contributed by atoms with Crippen molar-refractivity contribution in [2.24, 2.45) is 0 Å². The molecule has 0 saturated heterocycles. The molecule has 1 aliphatic rings. The molecule has 0 saturated carbocycles. The fraction of sp³-hybridized carbons (Fsp3) is 0.0625. The summed E-state index contributed by atoms with van der Waals surface area (Å²) in [7, 11) is 0. The van der Waals surface area contributed by atoms with Crippen molar-refractivity contribution in [3.8, 4) is 0 Å². The van der Waals surface area contributed by atoms with Gasteiger partial charge in [0.2, 0.25) is 0 Å². The zero-order valence-corrected chi connectivity index (χ0v) is 11.0. The van der Waals surface area contributed by atoms with Crippen molar-refractivity contribution >= 4 is 24.6 Å². The molecule has 1 aliphatic heterocycles. The normalized spacial score (nSPS) is 12.5. The standard InChI is InChI=1S/C16H14BNO2/c19-16(14-7-2-1-3-8-14)20-12-17-11-10-13-6-4-5-9-15(13)18-17/h1-11,18H,12H2. The predicted octanol–water partition coefficient (Wildman–Crippen LogP) is 3.05. The molecule has 3 nitrogen and oxygen atoms in total. The lowest BCUT2D eigenvalue weighted by molar-refractivity contribution is 0.0569. The monoisotopic (exact) mass is 263 g/mol. The van der Waals surface area contributed by atoms with Crippen molar-refractivity contribution in [1.29, 1.82) is 0 Å². The summed E-state index contributed by atoms with van der Waals surface area (Å²) in [6.45, 7) is 0.330. The highest BCUT2D eigenvalue weighted by Gasteiger charge is 2.19. The lowest BCUT2D eigenvalue weighted by Gasteiger charge is -2.19. The summed E-state index contributed by atoms with van der Waals surface area (Å²) in [5.41, 5.74) is 2.79. The van der Waals surface area contributed by atoms with Crippen LogP contribution in [0.1, 0.15) is 15.9 Å². The van der Waals surface area contributed by atoms with Crippen molar-refractivity contribution in [2.45, 2.75) is 0 Å². The molecule has 0 atom stereocenters. The van der Waals surface area contributed by atoms with E-state index in [-0.39, 0.29) is 12.8 Å². The number of ether oxygens (including phenoxy) is 1. The van der Waals surface area contributed by atoms with Gasteiger partial charge in [-0.2, -0.15) is 0 Å². The number of carbonyl (C=O) groups is 1. The van der Waals surface area contributed by atoms with Gasteiger partial charge < -0.3 is 9.96 Å². The average molecular weight is 263 g/mol. The molecule has 98 valence electrons. The molecular formula is C16H14BNO2. The zero-order chi connectivity index (χ0) is 13.8. The SMILES string of the molecule is O=C(OCB1C=Cc2ccccc2N1)c1ccccc1. The number of rotatable bonds is 3. The van der Waals surface area contributed by atoms with Gasteiger partial charge in [0.25, 0.3) is 0 Å². The largest absolute Gasteiger partial charge is 0.468 e. The highest BCUT2D eigenvalue weighted by atomic mass is 16.5. The van der Waals surface area contributed by atoms with E-state index in [4.69, 9.17) is 4.74 Å². The number of para-hydroxylation sites is 1. The van der Waals surface area contributed by atoms with Crippen molar-refractivity contribution in [3.63, 3.8) is 0 Å². The van der Waals surface area contributed by atoms with E-state index in [0.29, 0.717) is 12.1 Å². The van der Waals surface area contributed by atoms with Crippen LogP contribution in [0, 0.1) is 0 Å². The Kier molecular flexibility index (Phi) is 3.55. The molecule has 0 aromatic heterocycles. The second kappa shape index (κ2) is 5.65. The molecule has 4 heteroatoms. The number of nitrogens with one attached hydrogen (secondary N) is 1. The minimum absolute atomic E-state index is 0.0116. The maximum atomic E-state index is 11.9. The highest BCUT2D eigenvalue weighted by Crippen LogP contribution is 2.21. The summed E-state index contributed by atoms with van der Waals surface area (Å²) >= 11 is 0. The first-order valence-electron chi connectivity index (χ1n) is 6.59. The van der Waals surface area contributed by atoms with Gasteiger partial charge >= 0.3 is 12.8 Å². The van der Waals surface area contributed by atoms with E-state index in [1.165, 1.54) is 0 Å². The molecule has 0 unspecified atom stereocenters. The predicted molar refractivity (Wildman–Crippen MR) is 81.6 cm³/mol. The Morgan fingerprint density at radius 1 is 1.05 bits per heavy atom. The number of hydrogen-bond acceptors (Lipinski definition) is 3. The highest BCUT2D eigenvalue weighted by molar-refractivity contribution is 6.69. The van der Waals surface area contributed by atoms with E-state index in [9.17, 15) is 4.79 Å². The Labute approximate surface area is 118 Å². The van der Waals surface area contributed by atoms with Crippen molar-refractivity contribution in [2.75, 3.05) is 11.7 Å². The Balaban J connectivity index is 1.60. The molecule has 1 N–H and O–H groups in total. The Bertz CT molecular complexity index is 640. The molecule has 0 aliphatic carbocycles. The van der Waals surface area contributed by atoms with E-state index in [2.05, 4.69) is 5.23 Å². The van der Waals surface area contributed by atoms with Gasteiger partial charge in [0.15, 0.2) is 0 Å². The van der Waals surface area contributed by atoms with E-state index < -0.39 is 0 Å². The molecular weight excluding hydrogens is 249 g/mol. The minimum atomic E-state index is -0.292. The number of anilines is 1. The van der Waals surface area contributed by atoms with Gasteiger partial charge in [-0.15, -0.1) is 0 Å². The number of benzene rings is 2. The molecule has 2 aromatic carbocycles. The first-order valence-corrected chi connectivity index (χ1v) is 6.59. The first kappa shape index (κ1) is 12.5. The summed E-state index contributed by atoms with van der Waals surface area (Å²) in [5, 5.41) is 3.34. The average Bonchev–Trinajstić information content (AvgIpc) is 2.53. The molecule has 3 rings (SSSR count). The molecule has 20 heavy (non-hydrogen) atoms. The Morgan fingerprint density at radius 3 is 2.65 bits per heavy atom. The lowest BCUT2D eigenvalue weighted by Crippen LogP contribution is -2.32. The first-order chi connectivity index (χ1) is 9.83. The van der Waals surface area contributed by atoms with E-state index in [0.717, 1.165) is 11.3 Å². The summed E-state index contributed by atoms with van der Waals surface area (Å²) in [6.07, 6.45) is 2.05. The van der Waals surface area contributed by atoms with E-state index in [1.54, 1.807) is 12.1 Å². The molecule has 0 bridgehead atoms. The van der Waals surface area contributed by atoms with Gasteiger partial charge in [-0.05, 0) is 23.8 Å². The van der Waals surface area contributed by atoms with Crippen LogP contribution in [0.2, 0.25) is 0 Å². The van der Waals surface area contributed by atoms with Crippen LogP contribution < -0.4 is 5.23 Å². The van der Waals surface area contributed by atoms with Crippen LogP contribution >= 0.6 is 0 Å². The van der Waals surface area contributed by atoms with Crippen LogP contribution in [0.5, 0.6) is 0 Å². The third-order valence-electron chi connectivity index (χ3n) is 3.21. The van der Waals surface area contributed by atoms with Gasteiger partial charge in [0.05, 0.1) is 12.1 Å². The second-order valence-electron chi connectivity index (χ2n) is 4.66. The maximum absolute atomic E-state index is 11.9. The van der Waals surface area contributed by atoms with Crippen LogP contribution in [0.4, 0.5) is 5.69 Å². The van der Waals surface area contributed by atoms with Crippen molar-refractivity contribution in [3.05, 3.63) is 71.7 Å². The van der Waals surface area contributed by atoms with Gasteiger partial charge in [0, 0.05) is 5.69 Å². The van der Waals surface area contributed by atoms with Gasteiger partial charge in [0.1, 0.15) is 0 Å². The minimum Gasteiger partial charge on any atom is -0.468 e. The quantitative estimate of drug-likeness (QED) is 0.683. The topological polar surface area (TPSA) is 38.3 Å². The third kappa shape index (κ3) is 2.74. The Morgan fingerprint density at radius 2 is 1.80 bits per heavy atom. The van der Waals surface area contributed by atoms with Crippen LogP contribution in [0.3, 0.4) is 0 Å². The molecule has 0 amide bonds. The molecule has 0 fully saturated rings. The van der Waals surface area contributed by atoms with Crippen LogP contribution in [0.15, 0.2) is 60.6 Å². The van der Waals surface area contributed by atoms with Crippen LogP contribution in [0.25, 0.3) is 6.08 Å². The molecule has 2 aromatic rings. The number of hydrogen-bond donors (Lipinski definition) is 1. The zero-order valence-electron chi connectivity index (χ0n) is 11.0. The summed E-state index contributed by atoms with van der Waals surface area (Å²) in [6, 6.07) is 17.1. The van der Waals surface area contributed by atoms with Crippen LogP contribution in [-0.4, -0.2) is 19.3 Å². The summed E-state index contributed by atoms with van der Waals surface area (Å²) in [5.74, 6) is 1.72. The molecule has 0 spiro atoms. The van der Waals surface area contributed by atoms with E-state index >= 15 is 0 Å². The number of esters is 1.